The molecule has 2 aromatic carbocycles. The first-order valence-corrected chi connectivity index (χ1v) is 10.6. The largest absolute Gasteiger partial charge is 0.391 e. The van der Waals surface area contributed by atoms with Gasteiger partial charge in [-0.15, -0.1) is 0 Å². The van der Waals surface area contributed by atoms with Gasteiger partial charge < -0.3 is 10.0 Å². The molecule has 1 fully saturated rings. The first-order chi connectivity index (χ1) is 14.9. The third-order valence-electron chi connectivity index (χ3n) is 5.82. The molecular formula is C24H23ClN4O2. The minimum absolute atomic E-state index is 0.0475. The number of likely N-dealkylation sites (tertiary alicyclic amines) is 1. The number of carbonyl (C=O) groups is 1. The molecule has 1 atom stereocenters. The van der Waals surface area contributed by atoms with E-state index in [9.17, 15) is 9.90 Å². The number of aliphatic hydroxyl groups is 1. The fraction of sp³-hybridized carbons (Fsp3) is 0.292. The van der Waals surface area contributed by atoms with Gasteiger partial charge in [0.05, 0.1) is 28.1 Å². The van der Waals surface area contributed by atoms with E-state index in [-0.39, 0.29) is 5.91 Å². The zero-order chi connectivity index (χ0) is 22.1. The van der Waals surface area contributed by atoms with Crippen LogP contribution < -0.4 is 0 Å². The standard InChI is InChI=1S/C24H23ClN4O2/c1-15-22(16(2)29(27-15)19-8-7-18(13-26)23(25)12-19)11-17-5-3-4-6-21(17)24(31)28-10-9-20(30)14-28/h3-8,12,20,30H,9-11,14H2,1-2H3. The smallest absolute Gasteiger partial charge is 0.254 e. The van der Waals surface area contributed by atoms with Crippen LogP contribution in [0.15, 0.2) is 42.5 Å². The lowest BCUT2D eigenvalue weighted by Gasteiger charge is -2.18. The third kappa shape index (κ3) is 4.07. The second-order valence-corrected chi connectivity index (χ2v) is 8.27. The lowest BCUT2D eigenvalue weighted by molar-refractivity contribution is 0.0764. The second-order valence-electron chi connectivity index (χ2n) is 7.86. The molecular weight excluding hydrogens is 412 g/mol. The van der Waals surface area contributed by atoms with Crippen LogP contribution in [0.5, 0.6) is 0 Å². The molecule has 0 spiro atoms. The molecule has 1 unspecified atom stereocenters. The highest BCUT2D eigenvalue weighted by Gasteiger charge is 2.27. The topological polar surface area (TPSA) is 82.2 Å². The monoisotopic (exact) mass is 434 g/mol. The number of aryl methyl sites for hydroxylation is 1. The maximum absolute atomic E-state index is 13.1. The molecule has 158 valence electrons. The van der Waals surface area contributed by atoms with Gasteiger partial charge in [-0.05, 0) is 50.1 Å². The first kappa shape index (κ1) is 21.1. The molecule has 1 aliphatic rings. The van der Waals surface area contributed by atoms with Crippen molar-refractivity contribution in [2.24, 2.45) is 0 Å². The van der Waals surface area contributed by atoms with Crippen LogP contribution in [0, 0.1) is 25.2 Å². The maximum Gasteiger partial charge on any atom is 0.254 e. The summed E-state index contributed by atoms with van der Waals surface area (Å²) in [6, 6.07) is 14.9. The van der Waals surface area contributed by atoms with Gasteiger partial charge in [0, 0.05) is 36.3 Å². The molecule has 31 heavy (non-hydrogen) atoms. The van der Waals surface area contributed by atoms with Crippen molar-refractivity contribution < 1.29 is 9.90 Å². The Balaban J connectivity index is 1.67. The highest BCUT2D eigenvalue weighted by atomic mass is 35.5. The van der Waals surface area contributed by atoms with Gasteiger partial charge in [-0.3, -0.25) is 4.79 Å². The molecule has 6 nitrogen and oxygen atoms in total. The number of β-amino-alcohol motifs (C(OH)–C–C–N with tert-alkyl or cyclic N) is 1. The van der Waals surface area contributed by atoms with E-state index < -0.39 is 6.10 Å². The highest BCUT2D eigenvalue weighted by molar-refractivity contribution is 6.31. The van der Waals surface area contributed by atoms with Gasteiger partial charge in [-0.1, -0.05) is 29.8 Å². The Bertz CT molecular complexity index is 1190. The van der Waals surface area contributed by atoms with Gasteiger partial charge in [0.25, 0.3) is 5.91 Å². The van der Waals surface area contributed by atoms with Crippen LogP contribution in [0.4, 0.5) is 0 Å². The van der Waals surface area contributed by atoms with Crippen LogP contribution >= 0.6 is 11.6 Å². The van der Waals surface area contributed by atoms with Gasteiger partial charge in [-0.25, -0.2) is 4.68 Å². The van der Waals surface area contributed by atoms with E-state index in [0.717, 1.165) is 28.2 Å². The zero-order valence-corrected chi connectivity index (χ0v) is 18.2. The highest BCUT2D eigenvalue weighted by Crippen LogP contribution is 2.26. The fourth-order valence-electron chi connectivity index (χ4n) is 4.08. The summed E-state index contributed by atoms with van der Waals surface area (Å²) in [4.78, 5) is 14.8. The SMILES string of the molecule is Cc1nn(-c2ccc(C#N)c(Cl)c2)c(C)c1Cc1ccccc1C(=O)N1CCC(O)C1. The summed E-state index contributed by atoms with van der Waals surface area (Å²) < 4.78 is 1.82. The number of aromatic nitrogens is 2. The summed E-state index contributed by atoms with van der Waals surface area (Å²) in [5.74, 6) is -0.0475. The summed E-state index contributed by atoms with van der Waals surface area (Å²) in [7, 11) is 0. The van der Waals surface area contributed by atoms with E-state index in [4.69, 9.17) is 16.9 Å². The van der Waals surface area contributed by atoms with Crippen molar-refractivity contribution in [1.29, 1.82) is 5.26 Å². The maximum atomic E-state index is 13.1. The van der Waals surface area contributed by atoms with Crippen LogP contribution in [0.25, 0.3) is 5.69 Å². The number of benzene rings is 2. The number of hydrogen-bond donors (Lipinski definition) is 1. The van der Waals surface area contributed by atoms with Crippen LogP contribution in [-0.2, 0) is 6.42 Å². The van der Waals surface area contributed by atoms with Crippen LogP contribution in [0.1, 0.15) is 44.9 Å². The van der Waals surface area contributed by atoms with Crippen molar-refractivity contribution in [1.82, 2.24) is 14.7 Å². The molecule has 1 saturated heterocycles. The quantitative estimate of drug-likeness (QED) is 0.676. The molecule has 1 aliphatic heterocycles. The minimum Gasteiger partial charge on any atom is -0.391 e. The number of aliphatic hydroxyl groups excluding tert-OH is 1. The lowest BCUT2D eigenvalue weighted by atomic mass is 9.98. The van der Waals surface area contributed by atoms with E-state index in [0.29, 0.717) is 42.1 Å². The first-order valence-electron chi connectivity index (χ1n) is 10.2. The number of rotatable bonds is 4. The molecule has 2 heterocycles. The van der Waals surface area contributed by atoms with Crippen molar-refractivity contribution in [2.45, 2.75) is 32.8 Å². The molecule has 7 heteroatoms. The Morgan fingerprint density at radius 3 is 2.74 bits per heavy atom. The Labute approximate surface area is 186 Å². The van der Waals surface area contributed by atoms with Gasteiger partial charge in [0.1, 0.15) is 6.07 Å². The van der Waals surface area contributed by atoms with Crippen molar-refractivity contribution in [3.8, 4) is 11.8 Å². The normalized spacial score (nSPS) is 15.8. The number of carbonyl (C=O) groups excluding carboxylic acids is 1. The summed E-state index contributed by atoms with van der Waals surface area (Å²) in [5.41, 5.74) is 5.66. The summed E-state index contributed by atoms with van der Waals surface area (Å²) >= 11 is 6.21. The Kier molecular flexibility index (Phi) is 5.81. The lowest BCUT2D eigenvalue weighted by Crippen LogP contribution is -2.30. The second kappa shape index (κ2) is 8.54. The number of nitrogens with zero attached hydrogens (tertiary/aromatic N) is 4. The fourth-order valence-corrected chi connectivity index (χ4v) is 4.30. The average Bonchev–Trinajstić information content (AvgIpc) is 3.32. The molecule has 0 radical (unpaired) electrons. The summed E-state index contributed by atoms with van der Waals surface area (Å²) in [5, 5.41) is 24.0. The molecule has 1 N–H and O–H groups in total. The van der Waals surface area contributed by atoms with E-state index in [1.807, 2.05) is 48.9 Å². The van der Waals surface area contributed by atoms with E-state index in [1.54, 1.807) is 17.0 Å². The van der Waals surface area contributed by atoms with Crippen LogP contribution in [-0.4, -0.2) is 44.9 Å². The summed E-state index contributed by atoms with van der Waals surface area (Å²) in [6.07, 6.45) is 0.740. The number of halogens is 1. The van der Waals surface area contributed by atoms with Crippen molar-refractivity contribution in [2.75, 3.05) is 13.1 Å². The predicted molar refractivity (Wildman–Crippen MR) is 119 cm³/mol. The molecule has 4 rings (SSSR count). The molecule has 0 saturated carbocycles. The minimum atomic E-state index is -0.446. The molecule has 0 aliphatic carbocycles. The van der Waals surface area contributed by atoms with Crippen molar-refractivity contribution in [3.63, 3.8) is 0 Å². The number of hydrogen-bond acceptors (Lipinski definition) is 4. The van der Waals surface area contributed by atoms with E-state index in [2.05, 4.69) is 11.2 Å². The Morgan fingerprint density at radius 2 is 2.06 bits per heavy atom. The van der Waals surface area contributed by atoms with Gasteiger partial charge >= 0.3 is 0 Å². The van der Waals surface area contributed by atoms with Gasteiger partial charge in [0.2, 0.25) is 0 Å². The molecule has 3 aromatic rings. The number of amides is 1. The van der Waals surface area contributed by atoms with E-state index in [1.165, 1.54) is 0 Å². The third-order valence-corrected chi connectivity index (χ3v) is 6.14. The van der Waals surface area contributed by atoms with Gasteiger partial charge in [-0.2, -0.15) is 10.4 Å². The van der Waals surface area contributed by atoms with Crippen molar-refractivity contribution in [3.05, 3.63) is 81.1 Å². The Morgan fingerprint density at radius 1 is 1.29 bits per heavy atom. The number of nitriles is 1. The molecule has 0 bridgehead atoms. The predicted octanol–water partition coefficient (Wildman–Crippen LogP) is 3.81. The van der Waals surface area contributed by atoms with Gasteiger partial charge in [0.15, 0.2) is 0 Å². The van der Waals surface area contributed by atoms with E-state index >= 15 is 0 Å². The Hall–Kier alpha value is -3.14. The molecule has 1 amide bonds. The molecule has 1 aromatic heterocycles. The zero-order valence-electron chi connectivity index (χ0n) is 17.5. The van der Waals surface area contributed by atoms with Crippen molar-refractivity contribution >= 4 is 17.5 Å². The average molecular weight is 435 g/mol. The summed E-state index contributed by atoms with van der Waals surface area (Å²) in [6.45, 7) is 4.89. The van der Waals surface area contributed by atoms with Crippen LogP contribution in [0.3, 0.4) is 0 Å². The van der Waals surface area contributed by atoms with Crippen LogP contribution in [0.2, 0.25) is 5.02 Å².